The van der Waals surface area contributed by atoms with Crippen LogP contribution >= 0.6 is 0 Å². The van der Waals surface area contributed by atoms with Gasteiger partial charge in [0.1, 0.15) is 11.6 Å². The average Bonchev–Trinajstić information content (AvgIpc) is 3.45. The lowest BCUT2D eigenvalue weighted by Crippen LogP contribution is -2.19. The number of benzene rings is 1. The molecule has 172 valence electrons. The molecule has 2 aliphatic rings. The minimum atomic E-state index is -0.605. The molecule has 1 aromatic heterocycles. The molecular weight excluding hydrogens is 410 g/mol. The van der Waals surface area contributed by atoms with Crippen LogP contribution in [-0.4, -0.2) is 9.55 Å². The summed E-state index contributed by atoms with van der Waals surface area (Å²) in [5, 5.41) is 16.5. The maximum Gasteiger partial charge on any atom is 0.159 e. The van der Waals surface area contributed by atoms with Crippen LogP contribution in [0.3, 0.4) is 0 Å². The van der Waals surface area contributed by atoms with Crippen LogP contribution in [0, 0.1) is 21.7 Å². The summed E-state index contributed by atoms with van der Waals surface area (Å²) in [5.74, 6) is 0.713. The molecule has 0 aliphatic heterocycles. The Labute approximate surface area is 196 Å². The average molecular weight is 444 g/mol. The van der Waals surface area contributed by atoms with E-state index in [9.17, 15) is 10.2 Å². The number of nitrogens with zero attached hydrogens (tertiary/aromatic N) is 4. The van der Waals surface area contributed by atoms with Crippen LogP contribution in [0.5, 0.6) is 0 Å². The largest absolute Gasteiger partial charge is 0.352 e. The van der Waals surface area contributed by atoms with Crippen molar-refractivity contribution in [3.05, 3.63) is 64.1 Å². The minimum absolute atomic E-state index is 0.306. The minimum Gasteiger partial charge on any atom is -0.352 e. The lowest BCUT2D eigenvalue weighted by atomic mass is 9.76. The number of aryl methyl sites for hydroxylation is 1. The van der Waals surface area contributed by atoms with Crippen LogP contribution in [0.2, 0.25) is 0 Å². The van der Waals surface area contributed by atoms with Crippen molar-refractivity contribution < 1.29 is 0 Å². The van der Waals surface area contributed by atoms with E-state index in [2.05, 4.69) is 59.7 Å². The molecule has 1 N–H and O–H groups in total. The fraction of sp³-hybridized carbons (Fsp3) is 0.481. The first kappa shape index (κ1) is 23.0. The normalized spacial score (nSPS) is 19.6. The van der Waals surface area contributed by atoms with Gasteiger partial charge in [-0.15, -0.1) is 4.91 Å². The van der Waals surface area contributed by atoms with Crippen LogP contribution in [-0.2, 0) is 12.6 Å². The Bertz CT molecular complexity index is 1160. The molecule has 4 rings (SSSR count). The summed E-state index contributed by atoms with van der Waals surface area (Å²) in [6, 6.07) is 8.43. The number of nitriles is 1. The highest BCUT2D eigenvalue weighted by molar-refractivity contribution is 5.84. The van der Waals surface area contributed by atoms with Crippen molar-refractivity contribution in [2.45, 2.75) is 71.3 Å². The van der Waals surface area contributed by atoms with Crippen LogP contribution in [0.15, 0.2) is 41.7 Å². The van der Waals surface area contributed by atoms with Gasteiger partial charge < -0.3 is 9.88 Å². The molecule has 0 atom stereocenters. The number of hydrogen-bond donors (Lipinski definition) is 1. The lowest BCUT2D eigenvalue weighted by Gasteiger charge is -2.30. The molecule has 0 amide bonds. The molecule has 2 aliphatic carbocycles. The van der Waals surface area contributed by atoms with E-state index in [1.54, 1.807) is 6.20 Å². The third kappa shape index (κ3) is 4.50. The van der Waals surface area contributed by atoms with Crippen molar-refractivity contribution >= 4 is 17.0 Å². The highest BCUT2D eigenvalue weighted by atomic mass is 16.3. The van der Waals surface area contributed by atoms with Crippen molar-refractivity contribution in [2.75, 3.05) is 5.32 Å². The van der Waals surface area contributed by atoms with Crippen LogP contribution in [0.25, 0.3) is 11.3 Å². The van der Waals surface area contributed by atoms with E-state index in [0.29, 0.717) is 16.9 Å². The molecule has 33 heavy (non-hydrogen) atoms. The summed E-state index contributed by atoms with van der Waals surface area (Å²) in [7, 11) is 1.89. The molecule has 0 saturated heterocycles. The third-order valence-electron chi connectivity index (χ3n) is 7.27. The zero-order chi connectivity index (χ0) is 23.6. The number of allylic oxidation sites excluding steroid dienone is 3. The monoisotopic (exact) mass is 443 g/mol. The first-order valence-electron chi connectivity index (χ1n) is 11.9. The van der Waals surface area contributed by atoms with E-state index < -0.39 is 5.54 Å². The fourth-order valence-corrected chi connectivity index (χ4v) is 5.09. The highest BCUT2D eigenvalue weighted by Gasteiger charge is 2.38. The smallest absolute Gasteiger partial charge is 0.159 e. The molecule has 0 unspecified atom stereocenters. The summed E-state index contributed by atoms with van der Waals surface area (Å²) < 4.78 is 1.86. The van der Waals surface area contributed by atoms with Crippen molar-refractivity contribution in [2.24, 2.45) is 17.6 Å². The standard InChI is InChI=1S/C27H33N5O/c1-5-23(25-29-21(17-28)18-32(25)4)30-24-9-8-20(27(31-33)12-6-7-13-27)16-22(24)19-10-14-26(2,3)15-11-19/h5,8-10,16,18,30H,6-7,11-15H2,1-4H3. The zero-order valence-electron chi connectivity index (χ0n) is 20.1. The van der Waals surface area contributed by atoms with E-state index >= 15 is 0 Å². The Morgan fingerprint density at radius 3 is 2.61 bits per heavy atom. The summed E-state index contributed by atoms with van der Waals surface area (Å²) in [6.45, 7) is 6.58. The predicted molar refractivity (Wildman–Crippen MR) is 133 cm³/mol. The van der Waals surface area contributed by atoms with Gasteiger partial charge in [-0.3, -0.25) is 0 Å². The van der Waals surface area contributed by atoms with Crippen molar-refractivity contribution in [3.63, 3.8) is 0 Å². The van der Waals surface area contributed by atoms with Gasteiger partial charge in [0.25, 0.3) is 0 Å². The predicted octanol–water partition coefficient (Wildman–Crippen LogP) is 6.89. The number of imidazole rings is 1. The fourth-order valence-electron chi connectivity index (χ4n) is 5.09. The van der Waals surface area contributed by atoms with Gasteiger partial charge in [0.2, 0.25) is 0 Å². The van der Waals surface area contributed by atoms with E-state index in [-0.39, 0.29) is 0 Å². The topological polar surface area (TPSA) is 83.1 Å². The number of hydrogen-bond acceptors (Lipinski definition) is 5. The number of rotatable bonds is 6. The third-order valence-corrected chi connectivity index (χ3v) is 7.27. The van der Waals surface area contributed by atoms with Gasteiger partial charge >= 0.3 is 0 Å². The maximum absolute atomic E-state index is 11.9. The molecule has 6 heteroatoms. The van der Waals surface area contributed by atoms with Gasteiger partial charge in [-0.05, 0) is 67.7 Å². The van der Waals surface area contributed by atoms with Gasteiger partial charge in [0, 0.05) is 24.5 Å². The summed E-state index contributed by atoms with van der Waals surface area (Å²) in [6.07, 6.45) is 12.9. The summed E-state index contributed by atoms with van der Waals surface area (Å²) >= 11 is 0. The Hall–Kier alpha value is -3.20. The van der Waals surface area contributed by atoms with E-state index in [0.717, 1.165) is 67.5 Å². The Morgan fingerprint density at radius 1 is 1.27 bits per heavy atom. The number of nitroso groups, excluding NO2 is 1. The Morgan fingerprint density at radius 2 is 2.03 bits per heavy atom. The van der Waals surface area contributed by atoms with Crippen molar-refractivity contribution in [1.82, 2.24) is 9.55 Å². The van der Waals surface area contributed by atoms with Gasteiger partial charge in [0.05, 0.1) is 5.70 Å². The second-order valence-corrected chi connectivity index (χ2v) is 10.2. The molecule has 0 spiro atoms. The molecule has 1 heterocycles. The molecule has 1 saturated carbocycles. The Kier molecular flexibility index (Phi) is 6.25. The van der Waals surface area contributed by atoms with Gasteiger partial charge in [-0.25, -0.2) is 4.98 Å². The number of aromatic nitrogens is 2. The van der Waals surface area contributed by atoms with Crippen LogP contribution in [0.4, 0.5) is 5.69 Å². The first-order chi connectivity index (χ1) is 15.8. The van der Waals surface area contributed by atoms with E-state index in [4.69, 9.17) is 0 Å². The Balaban J connectivity index is 1.77. The van der Waals surface area contributed by atoms with Gasteiger partial charge in [-0.2, -0.15) is 5.26 Å². The molecule has 1 aromatic carbocycles. The summed E-state index contributed by atoms with van der Waals surface area (Å²) in [4.78, 5) is 16.4. The van der Waals surface area contributed by atoms with Crippen LogP contribution < -0.4 is 5.32 Å². The van der Waals surface area contributed by atoms with Gasteiger partial charge in [0.15, 0.2) is 11.5 Å². The molecular formula is C27H33N5O. The second kappa shape index (κ2) is 8.97. The molecule has 2 aromatic rings. The van der Waals surface area contributed by atoms with E-state index in [1.165, 1.54) is 5.57 Å². The highest BCUT2D eigenvalue weighted by Crippen LogP contribution is 2.46. The van der Waals surface area contributed by atoms with Gasteiger partial charge in [-0.1, -0.05) is 50.1 Å². The zero-order valence-corrected chi connectivity index (χ0v) is 20.1. The van der Waals surface area contributed by atoms with E-state index in [1.807, 2.05) is 24.6 Å². The van der Waals surface area contributed by atoms with Crippen molar-refractivity contribution in [1.29, 1.82) is 5.26 Å². The molecule has 0 bridgehead atoms. The lowest BCUT2D eigenvalue weighted by molar-refractivity contribution is 0.335. The number of anilines is 1. The second-order valence-electron chi connectivity index (χ2n) is 10.2. The quantitative estimate of drug-likeness (QED) is 0.493. The molecule has 1 fully saturated rings. The first-order valence-corrected chi connectivity index (χ1v) is 11.9. The van der Waals surface area contributed by atoms with Crippen LogP contribution in [0.1, 0.15) is 88.4 Å². The molecule has 0 radical (unpaired) electrons. The summed E-state index contributed by atoms with van der Waals surface area (Å²) in [5.41, 5.74) is 5.38. The molecule has 6 nitrogen and oxygen atoms in total. The van der Waals surface area contributed by atoms with Crippen molar-refractivity contribution in [3.8, 4) is 6.07 Å². The maximum atomic E-state index is 11.9. The SMILES string of the molecule is CC=C(Nc1ccc(C2(N=O)CCCC2)cc1C1=CCC(C)(C)CC1)c1nc(C#N)cn1C. The number of nitrogens with one attached hydrogen (secondary N) is 1.